The minimum absolute atomic E-state index is 0.0838. The molecule has 0 aliphatic carbocycles. The molecule has 452 valence electrons. The highest BCUT2D eigenvalue weighted by atomic mass is 31.2. The molecule has 0 aromatic rings. The average molecular weight is 1140 g/mol. The molecule has 0 aliphatic heterocycles. The van der Waals surface area contributed by atoms with Crippen LogP contribution in [0, 0.1) is 5.92 Å². The number of hydrogen-bond donors (Lipinski definition) is 3. The van der Waals surface area contributed by atoms with Gasteiger partial charge in [0.15, 0.2) is 12.2 Å². The Labute approximate surface area is 465 Å². The van der Waals surface area contributed by atoms with Crippen molar-refractivity contribution in [3.05, 3.63) is 24.3 Å². The summed E-state index contributed by atoms with van der Waals surface area (Å²) in [4.78, 5) is 71.5. The Morgan fingerprint density at radius 3 is 1.10 bits per heavy atom. The van der Waals surface area contributed by atoms with E-state index >= 15 is 0 Å². The lowest BCUT2D eigenvalue weighted by Gasteiger charge is -2.21. The predicted octanol–water partition coefficient (Wildman–Crippen LogP) is 15.0. The van der Waals surface area contributed by atoms with Gasteiger partial charge >= 0.3 is 39.5 Å². The average Bonchev–Trinajstić information content (AvgIpc) is 3.40. The smallest absolute Gasteiger partial charge is 0.462 e. The predicted molar refractivity (Wildman–Crippen MR) is 303 cm³/mol. The van der Waals surface area contributed by atoms with E-state index in [1.54, 1.807) is 0 Å². The minimum atomic E-state index is -4.94. The summed E-state index contributed by atoms with van der Waals surface area (Å²) in [6, 6.07) is 0. The van der Waals surface area contributed by atoms with E-state index in [1.807, 2.05) is 0 Å². The van der Waals surface area contributed by atoms with Gasteiger partial charge in [-0.2, -0.15) is 0 Å². The fourth-order valence-corrected chi connectivity index (χ4v) is 9.53. The summed E-state index contributed by atoms with van der Waals surface area (Å²) in [5.41, 5.74) is 0. The van der Waals surface area contributed by atoms with Crippen LogP contribution in [0.4, 0.5) is 0 Å². The second-order valence-electron chi connectivity index (χ2n) is 20.6. The number of aliphatic hydroxyl groups excluding tert-OH is 1. The van der Waals surface area contributed by atoms with Gasteiger partial charge in [0.05, 0.1) is 26.4 Å². The summed E-state index contributed by atoms with van der Waals surface area (Å²) in [7, 11) is -9.87. The Bertz CT molecular complexity index is 1610. The molecule has 0 fully saturated rings. The van der Waals surface area contributed by atoms with Crippen molar-refractivity contribution in [2.45, 2.75) is 278 Å². The quantitative estimate of drug-likeness (QED) is 0.0169. The highest BCUT2D eigenvalue weighted by molar-refractivity contribution is 7.47. The second kappa shape index (κ2) is 51.7. The number of carbonyl (C=O) groups is 4. The van der Waals surface area contributed by atoms with Crippen LogP contribution in [0.2, 0.25) is 0 Å². The van der Waals surface area contributed by atoms with E-state index in [0.717, 1.165) is 134 Å². The van der Waals surface area contributed by atoms with Crippen molar-refractivity contribution < 1.29 is 80.2 Å². The maximum Gasteiger partial charge on any atom is 0.472 e. The van der Waals surface area contributed by atoms with Crippen LogP contribution in [0.5, 0.6) is 0 Å². The molecule has 77 heavy (non-hydrogen) atoms. The van der Waals surface area contributed by atoms with Gasteiger partial charge in [-0.25, -0.2) is 9.13 Å². The molecule has 6 atom stereocenters. The first kappa shape index (κ1) is 74.5. The van der Waals surface area contributed by atoms with Gasteiger partial charge < -0.3 is 33.8 Å². The van der Waals surface area contributed by atoms with Crippen molar-refractivity contribution in [1.82, 2.24) is 0 Å². The van der Waals surface area contributed by atoms with E-state index in [0.29, 0.717) is 25.7 Å². The van der Waals surface area contributed by atoms with Crippen LogP contribution >= 0.6 is 15.6 Å². The number of allylic oxidation sites excluding steroid dienone is 4. The van der Waals surface area contributed by atoms with Crippen LogP contribution in [-0.4, -0.2) is 96.7 Å². The lowest BCUT2D eigenvalue weighted by molar-refractivity contribution is -0.161. The fraction of sp³-hybridized carbons (Fsp3) is 0.862. The summed E-state index contributed by atoms with van der Waals surface area (Å²) in [5.74, 6) is -1.46. The Kier molecular flexibility index (Phi) is 50.0. The number of ether oxygens (including phenoxy) is 4. The molecular weight excluding hydrogens is 1030 g/mol. The number of unbranched alkanes of at least 4 members (excludes halogenated alkanes) is 24. The number of hydrogen-bond acceptors (Lipinski definition) is 15. The van der Waals surface area contributed by atoms with E-state index in [2.05, 4.69) is 58.9 Å². The van der Waals surface area contributed by atoms with Gasteiger partial charge in [0, 0.05) is 25.7 Å². The molecule has 0 aromatic heterocycles. The van der Waals surface area contributed by atoms with Crippen molar-refractivity contribution in [2.75, 3.05) is 39.6 Å². The molecule has 3 N–H and O–H groups in total. The highest BCUT2D eigenvalue weighted by Crippen LogP contribution is 2.45. The first-order valence-corrected chi connectivity index (χ1v) is 33.0. The number of phosphoric acid groups is 2. The third kappa shape index (κ3) is 51.4. The Morgan fingerprint density at radius 1 is 0.416 bits per heavy atom. The van der Waals surface area contributed by atoms with Gasteiger partial charge in [-0.3, -0.25) is 37.3 Å². The fourth-order valence-electron chi connectivity index (χ4n) is 7.95. The zero-order chi connectivity index (χ0) is 57.1. The second-order valence-corrected chi connectivity index (χ2v) is 23.5. The summed E-state index contributed by atoms with van der Waals surface area (Å²) < 4.78 is 67.4. The van der Waals surface area contributed by atoms with Crippen molar-refractivity contribution in [1.29, 1.82) is 0 Å². The van der Waals surface area contributed by atoms with Gasteiger partial charge in [-0.05, 0) is 57.3 Å². The summed E-state index contributed by atoms with van der Waals surface area (Å²) >= 11 is 0. The summed E-state index contributed by atoms with van der Waals surface area (Å²) in [6.07, 6.45) is 36.2. The normalized spacial score (nSPS) is 15.0. The third-order valence-electron chi connectivity index (χ3n) is 13.0. The number of phosphoric ester groups is 2. The van der Waals surface area contributed by atoms with Crippen LogP contribution in [0.1, 0.15) is 259 Å². The molecule has 0 bridgehead atoms. The molecule has 0 saturated heterocycles. The number of esters is 4. The molecule has 19 heteroatoms. The molecule has 0 heterocycles. The minimum Gasteiger partial charge on any atom is -0.462 e. The maximum absolute atomic E-state index is 12.9. The standard InChI is InChI=1S/C58H108O17P2/c1-6-10-13-16-18-19-20-21-22-23-24-25-27-34-39-44-58(63)75-54(48-69-56(61)42-37-32-29-28-31-35-40-51(5)9-4)50-73-77(66,67)71-46-52(59)45-70-76(64,65)72-49-53(47-68-55(60)41-36-30-15-12-8-3)74-57(62)43-38-33-26-17-14-11-7-2/h19-22,51-54,59H,6-18,23-50H2,1-5H3,(H,64,65)(H,66,67)/b20-19-,22-21-/t51?,52-,53+,54+/m0/s1. The van der Waals surface area contributed by atoms with Crippen molar-refractivity contribution in [2.24, 2.45) is 5.92 Å². The third-order valence-corrected chi connectivity index (χ3v) is 14.9. The van der Waals surface area contributed by atoms with Gasteiger partial charge in [0.1, 0.15) is 19.3 Å². The van der Waals surface area contributed by atoms with E-state index in [-0.39, 0.29) is 25.7 Å². The zero-order valence-electron chi connectivity index (χ0n) is 48.6. The van der Waals surface area contributed by atoms with Crippen molar-refractivity contribution >= 4 is 39.5 Å². The molecule has 3 unspecified atom stereocenters. The van der Waals surface area contributed by atoms with Gasteiger partial charge in [-0.1, -0.05) is 207 Å². The molecule has 0 amide bonds. The summed E-state index contributed by atoms with van der Waals surface area (Å²) in [6.45, 7) is 6.90. The Morgan fingerprint density at radius 2 is 0.727 bits per heavy atom. The first-order chi connectivity index (χ1) is 37.1. The molecule has 0 saturated carbocycles. The topological polar surface area (TPSA) is 237 Å². The van der Waals surface area contributed by atoms with E-state index < -0.39 is 97.5 Å². The zero-order valence-corrected chi connectivity index (χ0v) is 50.4. The SMILES string of the molecule is CCCCCC/C=C\C=C/CCCCCCCC(=O)O[C@H](COC(=O)CCCCCCCCC(C)CC)COP(=O)(O)OC[C@@H](O)COP(=O)(O)OC[C@@H](COC(=O)CCCCCCC)OC(=O)CCCCCCCCC. The first-order valence-electron chi connectivity index (χ1n) is 30.0. The largest absolute Gasteiger partial charge is 0.472 e. The molecular formula is C58H108O17P2. The molecule has 0 radical (unpaired) electrons. The molecule has 0 aliphatic rings. The van der Waals surface area contributed by atoms with Crippen LogP contribution in [0.25, 0.3) is 0 Å². The number of carbonyl (C=O) groups excluding carboxylic acids is 4. The Hall–Kier alpha value is -2.46. The number of rotatable bonds is 56. The monoisotopic (exact) mass is 1140 g/mol. The van der Waals surface area contributed by atoms with Crippen molar-refractivity contribution in [3.8, 4) is 0 Å². The van der Waals surface area contributed by atoms with Gasteiger partial charge in [0.2, 0.25) is 0 Å². The lowest BCUT2D eigenvalue weighted by atomic mass is 10.00. The lowest BCUT2D eigenvalue weighted by Crippen LogP contribution is -2.30. The molecule has 0 spiro atoms. The van der Waals surface area contributed by atoms with E-state index in [4.69, 9.17) is 37.0 Å². The van der Waals surface area contributed by atoms with Gasteiger partial charge in [0.25, 0.3) is 0 Å². The molecule has 17 nitrogen and oxygen atoms in total. The molecule has 0 aromatic carbocycles. The molecule has 0 rings (SSSR count). The Balaban J connectivity index is 5.21. The van der Waals surface area contributed by atoms with Crippen molar-refractivity contribution in [3.63, 3.8) is 0 Å². The highest BCUT2D eigenvalue weighted by Gasteiger charge is 2.30. The van der Waals surface area contributed by atoms with Gasteiger partial charge in [-0.15, -0.1) is 0 Å². The number of aliphatic hydroxyl groups is 1. The van der Waals surface area contributed by atoms with E-state index in [9.17, 15) is 43.2 Å². The van der Waals surface area contributed by atoms with Crippen LogP contribution in [-0.2, 0) is 65.4 Å². The van der Waals surface area contributed by atoms with E-state index in [1.165, 1.54) is 44.9 Å². The van der Waals surface area contributed by atoms with Crippen LogP contribution in [0.3, 0.4) is 0 Å². The van der Waals surface area contributed by atoms with Crippen LogP contribution < -0.4 is 0 Å². The maximum atomic E-state index is 12.9. The summed E-state index contributed by atoms with van der Waals surface area (Å²) in [5, 5.41) is 10.5. The van der Waals surface area contributed by atoms with Crippen LogP contribution in [0.15, 0.2) is 24.3 Å².